The predicted octanol–water partition coefficient (Wildman–Crippen LogP) is 16.8. The van der Waals surface area contributed by atoms with Crippen LogP contribution in [0.15, 0.2) is 212 Å². The van der Waals surface area contributed by atoms with Gasteiger partial charge in [-0.05, 0) is 144 Å². The molecular formula is C63H51N. The summed E-state index contributed by atoms with van der Waals surface area (Å²) in [5.41, 5.74) is 24.0. The average molecular weight is 822 g/mol. The molecule has 1 nitrogen and oxygen atoms in total. The van der Waals surface area contributed by atoms with Crippen LogP contribution in [0.4, 0.5) is 17.1 Å². The minimum Gasteiger partial charge on any atom is -0.310 e. The number of anilines is 3. The summed E-state index contributed by atoms with van der Waals surface area (Å²) in [5, 5.41) is 0. The fraction of sp³-hybridized carbons (Fsp3) is 0.143. The van der Waals surface area contributed by atoms with Crippen LogP contribution in [0.25, 0.3) is 55.6 Å². The fourth-order valence-electron chi connectivity index (χ4n) is 11.6. The van der Waals surface area contributed by atoms with E-state index in [1.807, 2.05) is 0 Å². The summed E-state index contributed by atoms with van der Waals surface area (Å²) < 4.78 is 0. The second kappa shape index (κ2) is 14.4. The Bertz CT molecular complexity index is 3120. The van der Waals surface area contributed by atoms with Gasteiger partial charge in [0.25, 0.3) is 0 Å². The Kier molecular flexibility index (Phi) is 8.66. The van der Waals surface area contributed by atoms with E-state index in [0.29, 0.717) is 0 Å². The largest absolute Gasteiger partial charge is 0.310 e. The Balaban J connectivity index is 1.17. The highest BCUT2D eigenvalue weighted by Gasteiger charge is 2.52. The van der Waals surface area contributed by atoms with Crippen molar-refractivity contribution >= 4 is 17.1 Å². The Morgan fingerprint density at radius 2 is 0.703 bits per heavy atom. The van der Waals surface area contributed by atoms with Gasteiger partial charge in [0.15, 0.2) is 0 Å². The second-order valence-corrected chi connectivity index (χ2v) is 19.5. The van der Waals surface area contributed by atoms with Gasteiger partial charge in [0.2, 0.25) is 0 Å². The highest BCUT2D eigenvalue weighted by Crippen LogP contribution is 2.64. The summed E-state index contributed by atoms with van der Waals surface area (Å²) in [7, 11) is 0. The minimum atomic E-state index is -0.478. The summed E-state index contributed by atoms with van der Waals surface area (Å²) in [5.74, 6) is 0. The molecule has 0 unspecified atom stereocenters. The van der Waals surface area contributed by atoms with E-state index in [0.717, 1.165) is 17.8 Å². The number of benzene rings is 9. The number of nitrogens with zero attached hydrogens (tertiary/aromatic N) is 1. The van der Waals surface area contributed by atoms with Gasteiger partial charge in [0, 0.05) is 16.9 Å². The molecule has 0 fully saturated rings. The van der Waals surface area contributed by atoms with Gasteiger partial charge in [-0.25, -0.2) is 0 Å². The van der Waals surface area contributed by atoms with Crippen LogP contribution >= 0.6 is 0 Å². The predicted molar refractivity (Wildman–Crippen MR) is 269 cm³/mol. The van der Waals surface area contributed by atoms with Crippen molar-refractivity contribution in [1.82, 2.24) is 0 Å². The van der Waals surface area contributed by atoms with Crippen molar-refractivity contribution in [2.45, 2.75) is 56.8 Å². The Morgan fingerprint density at radius 3 is 1.20 bits per heavy atom. The molecule has 9 aromatic rings. The first-order valence-corrected chi connectivity index (χ1v) is 23.0. The van der Waals surface area contributed by atoms with E-state index in [1.54, 1.807) is 0 Å². The zero-order valence-electron chi connectivity index (χ0n) is 37.1. The minimum absolute atomic E-state index is 0.0614. The van der Waals surface area contributed by atoms with Crippen molar-refractivity contribution in [2.75, 3.05) is 4.90 Å². The molecule has 3 aliphatic carbocycles. The normalized spacial score (nSPS) is 15.4. The van der Waals surface area contributed by atoms with Gasteiger partial charge in [-0.1, -0.05) is 204 Å². The van der Waals surface area contributed by atoms with Crippen LogP contribution in [0.1, 0.15) is 73.9 Å². The van der Waals surface area contributed by atoms with Gasteiger partial charge in [-0.3, -0.25) is 0 Å². The molecule has 0 N–H and O–H groups in total. The number of rotatable bonds is 6. The van der Waals surface area contributed by atoms with Crippen LogP contribution in [0.3, 0.4) is 0 Å². The van der Waals surface area contributed by atoms with Crippen molar-refractivity contribution in [3.8, 4) is 55.6 Å². The maximum atomic E-state index is 2.58. The molecule has 64 heavy (non-hydrogen) atoms. The molecule has 12 rings (SSSR count). The van der Waals surface area contributed by atoms with E-state index in [4.69, 9.17) is 0 Å². The van der Waals surface area contributed by atoms with Crippen LogP contribution in [0.5, 0.6) is 0 Å². The summed E-state index contributed by atoms with van der Waals surface area (Å²) in [4.78, 5) is 2.52. The molecule has 0 atom stereocenters. The van der Waals surface area contributed by atoms with Crippen molar-refractivity contribution in [3.63, 3.8) is 0 Å². The van der Waals surface area contributed by atoms with Gasteiger partial charge < -0.3 is 4.90 Å². The third-order valence-electron chi connectivity index (χ3n) is 15.0. The zero-order chi connectivity index (χ0) is 43.2. The lowest BCUT2D eigenvalue weighted by Crippen LogP contribution is -2.33. The maximum Gasteiger partial charge on any atom is 0.0726 e. The smallest absolute Gasteiger partial charge is 0.0726 e. The molecule has 0 heterocycles. The Morgan fingerprint density at radius 1 is 0.297 bits per heavy atom. The quantitative estimate of drug-likeness (QED) is 0.161. The van der Waals surface area contributed by atoms with Crippen molar-refractivity contribution in [3.05, 3.63) is 246 Å². The first-order valence-electron chi connectivity index (χ1n) is 23.0. The molecule has 9 aromatic carbocycles. The van der Waals surface area contributed by atoms with Crippen molar-refractivity contribution in [1.29, 1.82) is 0 Å². The van der Waals surface area contributed by atoms with Gasteiger partial charge in [0.05, 0.1) is 11.1 Å². The Hall–Kier alpha value is -7.22. The fourth-order valence-corrected chi connectivity index (χ4v) is 11.6. The molecule has 3 aliphatic rings. The number of fused-ring (bicyclic) bond motifs is 11. The van der Waals surface area contributed by atoms with Crippen LogP contribution in [0, 0.1) is 0 Å². The lowest BCUT2D eigenvalue weighted by atomic mass is 9.63. The zero-order valence-corrected chi connectivity index (χ0v) is 37.1. The monoisotopic (exact) mass is 821 g/mol. The molecule has 0 aliphatic heterocycles. The maximum absolute atomic E-state index is 2.58. The molecule has 1 heteroatoms. The molecule has 0 bridgehead atoms. The van der Waals surface area contributed by atoms with Crippen LogP contribution in [-0.2, 0) is 16.2 Å². The lowest BCUT2D eigenvalue weighted by molar-refractivity contribution is 0.332. The third-order valence-corrected chi connectivity index (χ3v) is 15.0. The standard InChI is InChI=1S/C63H51N/c1-61(2)37-38-62(3,4)59-39-46(31-36-57(59)61)52-40-53-51-23-13-16-26-56(51)63(54-24-14-11-21-49(54)50-22-12-15-25-55(50)63)58(53)41-60(52)64(47-32-27-44(28-33-47)42-17-7-5-8-18-42)48-34-29-45(30-35-48)43-19-9-6-10-20-43/h5-36,39-41H,37-38H2,1-4H3. The van der Waals surface area contributed by atoms with Gasteiger partial charge in [-0.2, -0.15) is 0 Å². The van der Waals surface area contributed by atoms with Crippen LogP contribution in [-0.4, -0.2) is 0 Å². The molecule has 0 radical (unpaired) electrons. The summed E-state index contributed by atoms with van der Waals surface area (Å²) in [6.45, 7) is 9.74. The average Bonchev–Trinajstić information content (AvgIpc) is 3.81. The van der Waals surface area contributed by atoms with E-state index in [9.17, 15) is 0 Å². The molecule has 0 aromatic heterocycles. The first kappa shape index (κ1) is 38.5. The number of hydrogen-bond donors (Lipinski definition) is 0. The Labute approximate surface area is 378 Å². The number of hydrogen-bond acceptors (Lipinski definition) is 1. The van der Waals surface area contributed by atoms with E-state index in [1.165, 1.54) is 101 Å². The van der Waals surface area contributed by atoms with Gasteiger partial charge >= 0.3 is 0 Å². The topological polar surface area (TPSA) is 3.24 Å². The third kappa shape index (κ3) is 5.77. The summed E-state index contributed by atoms with van der Waals surface area (Å²) >= 11 is 0. The van der Waals surface area contributed by atoms with Crippen molar-refractivity contribution in [2.24, 2.45) is 0 Å². The first-order chi connectivity index (χ1) is 31.2. The van der Waals surface area contributed by atoms with E-state index in [-0.39, 0.29) is 10.8 Å². The van der Waals surface area contributed by atoms with Gasteiger partial charge in [-0.15, -0.1) is 0 Å². The molecule has 0 saturated heterocycles. The van der Waals surface area contributed by atoms with E-state index in [2.05, 4.69) is 245 Å². The SMILES string of the molecule is CC1(C)CCC(C)(C)c2cc(-c3cc4c(cc3N(c3ccc(-c5ccccc5)cc3)c3ccc(-c5ccccc5)cc3)C3(c5ccccc5-c5ccccc53)c3ccccc3-4)ccc21. The summed E-state index contributed by atoms with van der Waals surface area (Å²) in [6, 6.07) is 79.8. The van der Waals surface area contributed by atoms with Gasteiger partial charge in [0.1, 0.15) is 0 Å². The van der Waals surface area contributed by atoms with Crippen LogP contribution < -0.4 is 4.90 Å². The van der Waals surface area contributed by atoms with E-state index >= 15 is 0 Å². The van der Waals surface area contributed by atoms with Crippen molar-refractivity contribution < 1.29 is 0 Å². The summed E-state index contributed by atoms with van der Waals surface area (Å²) in [6.07, 6.45) is 2.35. The second-order valence-electron chi connectivity index (χ2n) is 19.5. The highest BCUT2D eigenvalue weighted by atomic mass is 15.1. The van der Waals surface area contributed by atoms with Crippen LogP contribution in [0.2, 0.25) is 0 Å². The molecule has 308 valence electrons. The molecular weight excluding hydrogens is 771 g/mol. The lowest BCUT2D eigenvalue weighted by Gasteiger charge is -2.42. The molecule has 0 saturated carbocycles. The highest BCUT2D eigenvalue weighted by molar-refractivity contribution is 6.00. The molecule has 1 spiro atoms. The molecule has 0 amide bonds. The van der Waals surface area contributed by atoms with E-state index < -0.39 is 5.41 Å².